The van der Waals surface area contributed by atoms with Gasteiger partial charge in [-0.25, -0.2) is 4.98 Å². The van der Waals surface area contributed by atoms with E-state index in [0.29, 0.717) is 0 Å². The summed E-state index contributed by atoms with van der Waals surface area (Å²) in [7, 11) is 1.98. The predicted octanol–water partition coefficient (Wildman–Crippen LogP) is 3.72. The fraction of sp³-hybridized carbons (Fsp3) is 0.308. The highest BCUT2D eigenvalue weighted by atomic mass is 79.9. The standard InChI is InChI=1S/C13H15BrN2S/c1-9-16-13(8-17-9)12(15-2)7-10-5-3-4-6-11(10)14/h3-6,8,12,15H,7H2,1-2H3. The van der Waals surface area contributed by atoms with Crippen LogP contribution in [0.15, 0.2) is 34.1 Å². The smallest absolute Gasteiger partial charge is 0.0898 e. The van der Waals surface area contributed by atoms with Crippen molar-refractivity contribution in [2.45, 2.75) is 19.4 Å². The van der Waals surface area contributed by atoms with Crippen LogP contribution in [-0.2, 0) is 6.42 Å². The van der Waals surface area contributed by atoms with Gasteiger partial charge in [-0.2, -0.15) is 0 Å². The van der Waals surface area contributed by atoms with Crippen molar-refractivity contribution in [1.29, 1.82) is 0 Å². The second-order valence-electron chi connectivity index (χ2n) is 3.93. The van der Waals surface area contributed by atoms with Crippen molar-refractivity contribution in [1.82, 2.24) is 10.3 Å². The first-order chi connectivity index (χ1) is 8.20. The normalized spacial score (nSPS) is 12.6. The number of halogens is 1. The largest absolute Gasteiger partial charge is 0.311 e. The van der Waals surface area contributed by atoms with E-state index >= 15 is 0 Å². The lowest BCUT2D eigenvalue weighted by molar-refractivity contribution is 0.577. The Hall–Kier alpha value is -0.710. The molecule has 1 N–H and O–H groups in total. The maximum Gasteiger partial charge on any atom is 0.0898 e. The third kappa shape index (κ3) is 3.15. The van der Waals surface area contributed by atoms with Crippen LogP contribution >= 0.6 is 27.3 Å². The van der Waals surface area contributed by atoms with Crippen LogP contribution in [0.3, 0.4) is 0 Å². The molecular formula is C13H15BrN2S. The zero-order valence-electron chi connectivity index (χ0n) is 9.90. The topological polar surface area (TPSA) is 24.9 Å². The van der Waals surface area contributed by atoms with Crippen molar-refractivity contribution < 1.29 is 0 Å². The van der Waals surface area contributed by atoms with E-state index in [1.807, 2.05) is 20.0 Å². The molecule has 0 aliphatic heterocycles. The molecule has 0 fully saturated rings. The Morgan fingerprint density at radius 2 is 2.18 bits per heavy atom. The van der Waals surface area contributed by atoms with Crippen LogP contribution < -0.4 is 5.32 Å². The number of nitrogens with zero attached hydrogens (tertiary/aromatic N) is 1. The second-order valence-corrected chi connectivity index (χ2v) is 5.84. The Labute approximate surface area is 114 Å². The number of thiazole rings is 1. The molecule has 2 rings (SSSR count). The van der Waals surface area contributed by atoms with Gasteiger partial charge in [-0.15, -0.1) is 11.3 Å². The van der Waals surface area contributed by atoms with Crippen molar-refractivity contribution >= 4 is 27.3 Å². The molecule has 0 radical (unpaired) electrons. The highest BCUT2D eigenvalue weighted by Crippen LogP contribution is 2.24. The number of nitrogens with one attached hydrogen (secondary N) is 1. The molecule has 1 atom stereocenters. The minimum atomic E-state index is 0.277. The number of hydrogen-bond donors (Lipinski definition) is 1. The van der Waals surface area contributed by atoms with Crippen LogP contribution in [0.5, 0.6) is 0 Å². The summed E-state index contributed by atoms with van der Waals surface area (Å²) in [4.78, 5) is 4.55. The van der Waals surface area contributed by atoms with Crippen LogP contribution in [0.1, 0.15) is 22.3 Å². The van der Waals surface area contributed by atoms with Crippen molar-refractivity contribution in [3.05, 3.63) is 50.4 Å². The monoisotopic (exact) mass is 310 g/mol. The number of aromatic nitrogens is 1. The number of hydrogen-bond acceptors (Lipinski definition) is 3. The Morgan fingerprint density at radius 3 is 2.76 bits per heavy atom. The van der Waals surface area contributed by atoms with Crippen molar-refractivity contribution in [2.24, 2.45) is 0 Å². The van der Waals surface area contributed by atoms with Gasteiger partial charge in [-0.05, 0) is 32.0 Å². The molecule has 1 unspecified atom stereocenters. The lowest BCUT2D eigenvalue weighted by atomic mass is 10.0. The Bertz CT molecular complexity index is 496. The number of benzene rings is 1. The first-order valence-electron chi connectivity index (χ1n) is 5.53. The average molecular weight is 311 g/mol. The Morgan fingerprint density at radius 1 is 1.41 bits per heavy atom. The minimum absolute atomic E-state index is 0.277. The van der Waals surface area contributed by atoms with Crippen molar-refractivity contribution in [3.63, 3.8) is 0 Å². The van der Waals surface area contributed by atoms with E-state index in [1.165, 1.54) is 5.56 Å². The summed E-state index contributed by atoms with van der Waals surface area (Å²) in [6.07, 6.45) is 0.946. The van der Waals surface area contributed by atoms with Crippen LogP contribution in [0.2, 0.25) is 0 Å². The third-order valence-corrected chi connectivity index (χ3v) is 4.29. The SMILES string of the molecule is CNC(Cc1ccccc1Br)c1csc(C)n1. The lowest BCUT2D eigenvalue weighted by Crippen LogP contribution is -2.19. The number of rotatable bonds is 4. The molecular weight excluding hydrogens is 296 g/mol. The molecule has 0 saturated heterocycles. The van der Waals surface area contributed by atoms with E-state index in [-0.39, 0.29) is 6.04 Å². The molecule has 0 spiro atoms. The number of aryl methyl sites for hydroxylation is 1. The van der Waals surface area contributed by atoms with Crippen LogP contribution in [0.4, 0.5) is 0 Å². The van der Waals surface area contributed by atoms with E-state index in [0.717, 1.165) is 21.6 Å². The molecule has 17 heavy (non-hydrogen) atoms. The molecule has 1 aromatic carbocycles. The van der Waals surface area contributed by atoms with Gasteiger partial charge in [0.1, 0.15) is 0 Å². The predicted molar refractivity (Wildman–Crippen MR) is 76.5 cm³/mol. The molecule has 0 aliphatic rings. The van der Waals surface area contributed by atoms with E-state index in [2.05, 4.69) is 49.8 Å². The lowest BCUT2D eigenvalue weighted by Gasteiger charge is -2.14. The van der Waals surface area contributed by atoms with Crippen molar-refractivity contribution in [3.8, 4) is 0 Å². The van der Waals surface area contributed by atoms with Gasteiger partial charge < -0.3 is 5.32 Å². The summed E-state index contributed by atoms with van der Waals surface area (Å²) in [6.45, 7) is 2.04. The van der Waals surface area contributed by atoms with Gasteiger partial charge in [0.15, 0.2) is 0 Å². The van der Waals surface area contributed by atoms with Gasteiger partial charge in [-0.1, -0.05) is 34.1 Å². The number of likely N-dealkylation sites (N-methyl/N-ethyl adjacent to an activating group) is 1. The van der Waals surface area contributed by atoms with E-state index < -0.39 is 0 Å². The fourth-order valence-electron chi connectivity index (χ4n) is 1.78. The zero-order valence-corrected chi connectivity index (χ0v) is 12.3. The van der Waals surface area contributed by atoms with Gasteiger partial charge in [0.25, 0.3) is 0 Å². The van der Waals surface area contributed by atoms with E-state index in [9.17, 15) is 0 Å². The molecule has 1 heterocycles. The Kier molecular flexibility index (Phi) is 4.31. The summed E-state index contributed by atoms with van der Waals surface area (Å²) in [5.74, 6) is 0. The highest BCUT2D eigenvalue weighted by Gasteiger charge is 2.14. The van der Waals surface area contributed by atoms with Gasteiger partial charge in [0.2, 0.25) is 0 Å². The fourth-order valence-corrected chi connectivity index (χ4v) is 2.89. The van der Waals surface area contributed by atoms with Gasteiger partial charge in [0, 0.05) is 9.85 Å². The molecule has 0 amide bonds. The van der Waals surface area contributed by atoms with E-state index in [1.54, 1.807) is 11.3 Å². The molecule has 0 saturated carbocycles. The van der Waals surface area contributed by atoms with Crippen molar-refractivity contribution in [2.75, 3.05) is 7.05 Å². The molecule has 0 aliphatic carbocycles. The first-order valence-corrected chi connectivity index (χ1v) is 7.20. The minimum Gasteiger partial charge on any atom is -0.311 e. The molecule has 0 bridgehead atoms. The quantitative estimate of drug-likeness (QED) is 0.931. The van der Waals surface area contributed by atoms with Gasteiger partial charge in [-0.3, -0.25) is 0 Å². The van der Waals surface area contributed by atoms with Crippen LogP contribution in [0.25, 0.3) is 0 Å². The van der Waals surface area contributed by atoms with E-state index in [4.69, 9.17) is 0 Å². The van der Waals surface area contributed by atoms with Gasteiger partial charge in [0.05, 0.1) is 16.7 Å². The third-order valence-electron chi connectivity index (χ3n) is 2.72. The molecule has 2 aromatic rings. The summed E-state index contributed by atoms with van der Waals surface area (Å²) < 4.78 is 1.16. The zero-order chi connectivity index (χ0) is 12.3. The Balaban J connectivity index is 2.18. The maximum atomic E-state index is 4.55. The summed E-state index contributed by atoms with van der Waals surface area (Å²) in [6, 6.07) is 8.61. The second kappa shape index (κ2) is 5.76. The summed E-state index contributed by atoms with van der Waals surface area (Å²) in [5, 5.41) is 6.58. The molecule has 2 nitrogen and oxygen atoms in total. The van der Waals surface area contributed by atoms with Crippen LogP contribution in [-0.4, -0.2) is 12.0 Å². The highest BCUT2D eigenvalue weighted by molar-refractivity contribution is 9.10. The van der Waals surface area contributed by atoms with Gasteiger partial charge >= 0.3 is 0 Å². The summed E-state index contributed by atoms with van der Waals surface area (Å²) in [5.41, 5.74) is 2.43. The first kappa shape index (κ1) is 12.7. The molecule has 4 heteroatoms. The average Bonchev–Trinajstić information content (AvgIpc) is 2.75. The molecule has 1 aromatic heterocycles. The van der Waals surface area contributed by atoms with Crippen LogP contribution in [0, 0.1) is 6.92 Å². The maximum absolute atomic E-state index is 4.55. The molecule has 90 valence electrons. The summed E-state index contributed by atoms with van der Waals surface area (Å²) >= 11 is 5.29.